The van der Waals surface area contributed by atoms with Crippen molar-refractivity contribution in [1.29, 1.82) is 0 Å². The monoisotopic (exact) mass is 353 g/mol. The highest BCUT2D eigenvalue weighted by Crippen LogP contribution is 2.30. The molecule has 3 aromatic rings. The summed E-state index contributed by atoms with van der Waals surface area (Å²) >= 11 is 0. The molecule has 1 unspecified atom stereocenters. The maximum atomic E-state index is 5.38. The summed E-state index contributed by atoms with van der Waals surface area (Å²) in [5.41, 5.74) is 3.02. The normalized spacial score (nSPS) is 11.9. The Morgan fingerprint density at radius 3 is 2.46 bits per heavy atom. The molecule has 136 valence electrons. The van der Waals surface area contributed by atoms with Gasteiger partial charge in [0.25, 0.3) is 0 Å². The number of benzene rings is 1. The van der Waals surface area contributed by atoms with Gasteiger partial charge in [-0.2, -0.15) is 5.10 Å². The van der Waals surface area contributed by atoms with Crippen molar-refractivity contribution in [2.75, 3.05) is 19.5 Å². The third kappa shape index (κ3) is 3.61. The zero-order valence-corrected chi connectivity index (χ0v) is 15.6. The van der Waals surface area contributed by atoms with Crippen molar-refractivity contribution < 1.29 is 9.47 Å². The van der Waals surface area contributed by atoms with E-state index in [1.54, 1.807) is 31.3 Å². The lowest BCUT2D eigenvalue weighted by molar-refractivity contribution is 0.354. The lowest BCUT2D eigenvalue weighted by atomic mass is 10.1. The van der Waals surface area contributed by atoms with Crippen molar-refractivity contribution >= 4 is 5.82 Å². The molecule has 1 atom stereocenters. The maximum Gasteiger partial charge on any atom is 0.174 e. The van der Waals surface area contributed by atoms with Crippen LogP contribution in [0.2, 0.25) is 0 Å². The van der Waals surface area contributed by atoms with Crippen LogP contribution < -0.4 is 14.8 Å². The molecule has 1 aromatic carbocycles. The van der Waals surface area contributed by atoms with Crippen LogP contribution in [0.1, 0.15) is 29.9 Å². The molecule has 1 N–H and O–H groups in total. The van der Waals surface area contributed by atoms with E-state index in [1.165, 1.54) is 0 Å². The number of nitrogens with zero attached hydrogens (tertiary/aromatic N) is 4. The van der Waals surface area contributed by atoms with Crippen LogP contribution in [0.4, 0.5) is 5.82 Å². The van der Waals surface area contributed by atoms with Crippen molar-refractivity contribution in [2.24, 2.45) is 0 Å². The molecule has 0 aliphatic carbocycles. The first-order chi connectivity index (χ1) is 12.5. The minimum atomic E-state index is 0.0137. The Kier molecular flexibility index (Phi) is 5.06. The van der Waals surface area contributed by atoms with Crippen LogP contribution >= 0.6 is 0 Å². The Hall–Kier alpha value is -3.09. The van der Waals surface area contributed by atoms with Gasteiger partial charge in [-0.25, -0.2) is 9.67 Å². The average molecular weight is 353 g/mol. The van der Waals surface area contributed by atoms with Crippen LogP contribution in [0.5, 0.6) is 11.5 Å². The molecular weight excluding hydrogens is 330 g/mol. The molecule has 0 bridgehead atoms. The van der Waals surface area contributed by atoms with Gasteiger partial charge in [-0.15, -0.1) is 0 Å². The second kappa shape index (κ2) is 7.43. The summed E-state index contributed by atoms with van der Waals surface area (Å²) in [7, 11) is 3.25. The molecule has 0 saturated carbocycles. The van der Waals surface area contributed by atoms with Gasteiger partial charge in [0, 0.05) is 5.69 Å². The molecule has 0 aliphatic heterocycles. The Morgan fingerprint density at radius 1 is 1.04 bits per heavy atom. The number of rotatable bonds is 6. The molecule has 0 fully saturated rings. The minimum Gasteiger partial charge on any atom is -0.493 e. The average Bonchev–Trinajstić information content (AvgIpc) is 2.99. The number of hydrogen-bond acceptors (Lipinski definition) is 6. The summed E-state index contributed by atoms with van der Waals surface area (Å²) in [5.74, 6) is 2.76. The summed E-state index contributed by atoms with van der Waals surface area (Å²) < 4.78 is 12.5. The minimum absolute atomic E-state index is 0.0137. The van der Waals surface area contributed by atoms with Crippen molar-refractivity contribution in [3.8, 4) is 17.3 Å². The van der Waals surface area contributed by atoms with E-state index < -0.39 is 0 Å². The quantitative estimate of drug-likeness (QED) is 0.731. The van der Waals surface area contributed by atoms with Gasteiger partial charge in [-0.3, -0.25) is 4.98 Å². The fraction of sp³-hybridized carbons (Fsp3) is 0.316. The van der Waals surface area contributed by atoms with Crippen LogP contribution in [0.15, 0.2) is 36.7 Å². The lowest BCUT2D eigenvalue weighted by Crippen LogP contribution is -2.11. The third-order valence-electron chi connectivity index (χ3n) is 4.12. The molecule has 0 amide bonds. The van der Waals surface area contributed by atoms with E-state index in [9.17, 15) is 0 Å². The van der Waals surface area contributed by atoms with Crippen LogP contribution in [-0.2, 0) is 0 Å². The third-order valence-corrected chi connectivity index (χ3v) is 4.12. The van der Waals surface area contributed by atoms with Gasteiger partial charge >= 0.3 is 0 Å². The zero-order chi connectivity index (χ0) is 18.7. The van der Waals surface area contributed by atoms with Gasteiger partial charge < -0.3 is 14.8 Å². The molecule has 2 heterocycles. The van der Waals surface area contributed by atoms with E-state index in [4.69, 9.17) is 9.47 Å². The summed E-state index contributed by atoms with van der Waals surface area (Å²) in [4.78, 5) is 8.92. The van der Waals surface area contributed by atoms with Gasteiger partial charge in [-0.1, -0.05) is 6.07 Å². The number of aryl methyl sites for hydroxylation is 2. The number of ether oxygens (including phenoxy) is 2. The number of nitrogens with one attached hydrogen (secondary N) is 1. The van der Waals surface area contributed by atoms with Crippen molar-refractivity contribution in [2.45, 2.75) is 26.8 Å². The van der Waals surface area contributed by atoms with Gasteiger partial charge in [0.1, 0.15) is 5.82 Å². The molecular formula is C19H23N5O2. The van der Waals surface area contributed by atoms with E-state index >= 15 is 0 Å². The molecule has 7 nitrogen and oxygen atoms in total. The molecule has 0 saturated heterocycles. The molecule has 3 rings (SSSR count). The van der Waals surface area contributed by atoms with Crippen LogP contribution in [0.25, 0.3) is 5.82 Å². The van der Waals surface area contributed by atoms with Gasteiger partial charge in [0.2, 0.25) is 0 Å². The number of methoxy groups -OCH3 is 2. The van der Waals surface area contributed by atoms with E-state index in [2.05, 4.69) is 27.3 Å². The summed E-state index contributed by atoms with van der Waals surface area (Å²) in [6.45, 7) is 6.01. The first-order valence-corrected chi connectivity index (χ1v) is 8.36. The summed E-state index contributed by atoms with van der Waals surface area (Å²) in [6, 6.07) is 7.87. The lowest BCUT2D eigenvalue weighted by Gasteiger charge is -2.17. The number of aromatic nitrogens is 4. The Balaban J connectivity index is 1.83. The maximum absolute atomic E-state index is 5.38. The Morgan fingerprint density at radius 2 is 1.81 bits per heavy atom. The Labute approximate surface area is 153 Å². The predicted molar refractivity (Wildman–Crippen MR) is 100 cm³/mol. The molecule has 2 aromatic heterocycles. The summed E-state index contributed by atoms with van der Waals surface area (Å²) in [5, 5.41) is 7.83. The van der Waals surface area contributed by atoms with Crippen molar-refractivity contribution in [3.05, 3.63) is 53.6 Å². The zero-order valence-electron chi connectivity index (χ0n) is 15.6. The summed E-state index contributed by atoms with van der Waals surface area (Å²) in [6.07, 6.45) is 3.40. The van der Waals surface area contributed by atoms with E-state index in [1.807, 2.05) is 38.1 Å². The molecule has 0 spiro atoms. The largest absolute Gasteiger partial charge is 0.493 e. The van der Waals surface area contributed by atoms with Crippen LogP contribution in [0, 0.1) is 13.8 Å². The Bertz CT molecular complexity index is 907. The molecule has 26 heavy (non-hydrogen) atoms. The van der Waals surface area contributed by atoms with Gasteiger partial charge in [0.05, 0.1) is 38.3 Å². The van der Waals surface area contributed by atoms with Gasteiger partial charge in [0.15, 0.2) is 17.3 Å². The first-order valence-electron chi connectivity index (χ1n) is 8.36. The highest BCUT2D eigenvalue weighted by molar-refractivity contribution is 5.46. The van der Waals surface area contributed by atoms with Gasteiger partial charge in [-0.05, 0) is 44.5 Å². The molecule has 0 radical (unpaired) electrons. The molecule has 7 heteroatoms. The fourth-order valence-corrected chi connectivity index (χ4v) is 2.82. The number of hydrogen-bond donors (Lipinski definition) is 1. The van der Waals surface area contributed by atoms with Crippen molar-refractivity contribution in [3.63, 3.8) is 0 Å². The number of anilines is 1. The molecule has 0 aliphatic rings. The standard InChI is InChI=1S/C19H23N5O2/c1-12-8-13(2)24(23-12)19-11-20-10-18(22-19)21-14(3)15-6-7-16(25-4)17(9-15)26-5/h6-11,14H,1-5H3,(H,21,22). The fourth-order valence-electron chi connectivity index (χ4n) is 2.82. The highest BCUT2D eigenvalue weighted by atomic mass is 16.5. The van der Waals surface area contributed by atoms with Crippen molar-refractivity contribution in [1.82, 2.24) is 19.7 Å². The second-order valence-electron chi connectivity index (χ2n) is 6.08. The van der Waals surface area contributed by atoms with E-state index in [0.717, 1.165) is 17.0 Å². The second-order valence-corrected chi connectivity index (χ2v) is 6.08. The predicted octanol–water partition coefficient (Wildman–Crippen LogP) is 3.47. The van der Waals surface area contributed by atoms with E-state index in [-0.39, 0.29) is 6.04 Å². The van der Waals surface area contributed by atoms with E-state index in [0.29, 0.717) is 23.1 Å². The highest BCUT2D eigenvalue weighted by Gasteiger charge is 2.12. The topological polar surface area (TPSA) is 74.1 Å². The van der Waals surface area contributed by atoms with Crippen LogP contribution in [0.3, 0.4) is 0 Å². The SMILES string of the molecule is COc1ccc(C(C)Nc2cncc(-n3nc(C)cc3C)n2)cc1OC. The smallest absolute Gasteiger partial charge is 0.174 e. The first kappa shape index (κ1) is 17.7. The van der Waals surface area contributed by atoms with Crippen LogP contribution in [-0.4, -0.2) is 34.0 Å².